The van der Waals surface area contributed by atoms with Crippen LogP contribution in [-0.2, 0) is 4.74 Å². The number of hydrazine groups is 1. The molecule has 8 nitrogen and oxygen atoms in total. The molecule has 3 aliphatic heterocycles. The van der Waals surface area contributed by atoms with Gasteiger partial charge in [-0.2, -0.15) is 0 Å². The van der Waals surface area contributed by atoms with Gasteiger partial charge in [0.15, 0.2) is 11.7 Å². The van der Waals surface area contributed by atoms with Crippen LogP contribution in [0.4, 0.5) is 0 Å². The minimum Gasteiger partial charge on any atom is -0.379 e. The number of ether oxygens (including phenoxy) is 1. The fraction of sp³-hybridized carbons (Fsp3) is 0.684. The lowest BCUT2D eigenvalue weighted by molar-refractivity contribution is 0.0394. The Bertz CT molecular complexity index is 593. The van der Waals surface area contributed by atoms with E-state index in [2.05, 4.69) is 39.8 Å². The molecule has 3 aliphatic rings. The summed E-state index contributed by atoms with van der Waals surface area (Å²) in [5.74, 6) is 1.78. The lowest BCUT2D eigenvalue weighted by atomic mass is 9.92. The zero-order valence-corrected chi connectivity index (χ0v) is 17.4. The number of rotatable bonds is 6. The van der Waals surface area contributed by atoms with E-state index in [4.69, 9.17) is 14.7 Å². The summed E-state index contributed by atoms with van der Waals surface area (Å²) in [5, 5.41) is 3.25. The molecule has 0 bridgehead atoms. The van der Waals surface area contributed by atoms with E-state index in [-0.39, 0.29) is 5.54 Å². The molecule has 0 saturated carbocycles. The molecule has 0 amide bonds. The maximum Gasteiger partial charge on any atom is 0.172 e. The molecule has 3 N–H and O–H groups in total. The van der Waals surface area contributed by atoms with Crippen LogP contribution in [0.2, 0.25) is 0 Å². The van der Waals surface area contributed by atoms with Gasteiger partial charge in [-0.15, -0.1) is 0 Å². The Hall–Kier alpha value is -1.90. The van der Waals surface area contributed by atoms with E-state index in [1.807, 2.05) is 39.5 Å². The van der Waals surface area contributed by atoms with Crippen molar-refractivity contribution in [1.82, 2.24) is 26.0 Å². The van der Waals surface area contributed by atoms with Crippen LogP contribution in [-0.4, -0.2) is 80.0 Å². The SMILES string of the molecule is CC.CNN/C=C(\C)C1(C)CN=C2C(=NCCN3CCOCC3)NC=CN21. The molecule has 8 heteroatoms. The molecule has 1 saturated heterocycles. The molecule has 3 heterocycles. The fourth-order valence-electron chi connectivity index (χ4n) is 3.19. The Morgan fingerprint density at radius 2 is 2.15 bits per heavy atom. The van der Waals surface area contributed by atoms with Crippen molar-refractivity contribution in [3.05, 3.63) is 24.2 Å². The average Bonchev–Trinajstić information content (AvgIpc) is 3.07. The Morgan fingerprint density at radius 3 is 2.85 bits per heavy atom. The van der Waals surface area contributed by atoms with Crippen LogP contribution in [0.25, 0.3) is 0 Å². The van der Waals surface area contributed by atoms with Gasteiger partial charge in [-0.05, 0) is 19.4 Å². The number of hydrogen-bond acceptors (Lipinski definition) is 7. The summed E-state index contributed by atoms with van der Waals surface area (Å²) < 4.78 is 5.39. The van der Waals surface area contributed by atoms with Crippen LogP contribution in [0.1, 0.15) is 27.7 Å². The first-order chi connectivity index (χ1) is 13.1. The highest BCUT2D eigenvalue weighted by atomic mass is 16.5. The number of fused-ring (bicyclic) bond motifs is 1. The highest BCUT2D eigenvalue weighted by Crippen LogP contribution is 2.31. The molecule has 0 aliphatic carbocycles. The molecule has 0 aromatic heterocycles. The summed E-state index contributed by atoms with van der Waals surface area (Å²) in [4.78, 5) is 14.1. The second-order valence-electron chi connectivity index (χ2n) is 6.65. The van der Waals surface area contributed by atoms with Crippen LogP contribution in [0.5, 0.6) is 0 Å². The second-order valence-corrected chi connectivity index (χ2v) is 6.65. The number of hydrogen-bond donors (Lipinski definition) is 3. The lowest BCUT2D eigenvalue weighted by Gasteiger charge is -2.37. The predicted molar refractivity (Wildman–Crippen MR) is 112 cm³/mol. The minimum absolute atomic E-state index is 0.178. The normalized spacial score (nSPS) is 26.9. The van der Waals surface area contributed by atoms with Crippen molar-refractivity contribution in [3.8, 4) is 0 Å². The minimum atomic E-state index is -0.178. The Labute approximate surface area is 163 Å². The number of morpholine rings is 1. The summed E-state index contributed by atoms with van der Waals surface area (Å²) in [6, 6.07) is 0. The van der Waals surface area contributed by atoms with Gasteiger partial charge in [-0.25, -0.2) is 5.43 Å². The van der Waals surface area contributed by atoms with Gasteiger partial charge in [0.25, 0.3) is 0 Å². The van der Waals surface area contributed by atoms with E-state index in [1.54, 1.807) is 0 Å². The summed E-state index contributed by atoms with van der Waals surface area (Å²) in [7, 11) is 1.85. The zero-order valence-electron chi connectivity index (χ0n) is 17.4. The summed E-state index contributed by atoms with van der Waals surface area (Å²) >= 11 is 0. The smallest absolute Gasteiger partial charge is 0.172 e. The van der Waals surface area contributed by atoms with E-state index >= 15 is 0 Å². The van der Waals surface area contributed by atoms with Crippen molar-refractivity contribution in [2.45, 2.75) is 33.2 Å². The summed E-state index contributed by atoms with van der Waals surface area (Å²) in [5.41, 5.74) is 7.01. The molecule has 1 unspecified atom stereocenters. The van der Waals surface area contributed by atoms with Gasteiger partial charge < -0.3 is 20.4 Å². The van der Waals surface area contributed by atoms with E-state index in [0.717, 1.165) is 51.1 Å². The first-order valence-corrected chi connectivity index (χ1v) is 9.86. The number of amidine groups is 2. The topological polar surface area (TPSA) is 76.5 Å². The molecule has 1 fully saturated rings. The highest BCUT2D eigenvalue weighted by Gasteiger charge is 2.42. The number of nitrogens with zero attached hydrogens (tertiary/aromatic N) is 4. The highest BCUT2D eigenvalue weighted by molar-refractivity contribution is 6.42. The van der Waals surface area contributed by atoms with Gasteiger partial charge >= 0.3 is 0 Å². The molecular formula is C19H35N7O. The number of nitrogens with one attached hydrogen (secondary N) is 3. The zero-order chi connectivity index (χ0) is 19.7. The molecule has 0 aromatic carbocycles. The van der Waals surface area contributed by atoms with Gasteiger partial charge in [0.2, 0.25) is 0 Å². The van der Waals surface area contributed by atoms with Crippen molar-refractivity contribution in [1.29, 1.82) is 0 Å². The Kier molecular flexibility index (Phi) is 8.27. The van der Waals surface area contributed by atoms with Crippen molar-refractivity contribution < 1.29 is 4.74 Å². The molecule has 27 heavy (non-hydrogen) atoms. The second kappa shape index (κ2) is 10.4. The molecule has 0 radical (unpaired) electrons. The quantitative estimate of drug-likeness (QED) is 0.598. The van der Waals surface area contributed by atoms with E-state index in [9.17, 15) is 0 Å². The molecule has 3 rings (SSSR count). The first kappa shape index (κ1) is 21.4. The van der Waals surface area contributed by atoms with E-state index < -0.39 is 0 Å². The van der Waals surface area contributed by atoms with Crippen molar-refractivity contribution >= 4 is 11.7 Å². The lowest BCUT2D eigenvalue weighted by Crippen LogP contribution is -2.51. The molecule has 0 aromatic rings. The van der Waals surface area contributed by atoms with Crippen LogP contribution in [0.3, 0.4) is 0 Å². The average molecular weight is 378 g/mol. The predicted octanol–water partition coefficient (Wildman–Crippen LogP) is 0.918. The summed E-state index contributed by atoms with van der Waals surface area (Å²) in [6.07, 6.45) is 5.97. The first-order valence-electron chi connectivity index (χ1n) is 9.86. The third kappa shape index (κ3) is 5.09. The Balaban J connectivity index is 0.00000126. The van der Waals surface area contributed by atoms with Crippen LogP contribution >= 0.6 is 0 Å². The van der Waals surface area contributed by atoms with Crippen LogP contribution in [0, 0.1) is 0 Å². The van der Waals surface area contributed by atoms with Gasteiger partial charge in [-0.3, -0.25) is 14.9 Å². The molecule has 152 valence electrons. The van der Waals surface area contributed by atoms with Gasteiger partial charge in [0, 0.05) is 45.3 Å². The van der Waals surface area contributed by atoms with Crippen LogP contribution < -0.4 is 16.2 Å². The number of aliphatic imine (C=N–C) groups is 2. The third-order valence-electron chi connectivity index (χ3n) is 5.02. The largest absolute Gasteiger partial charge is 0.379 e. The van der Waals surface area contributed by atoms with Crippen molar-refractivity contribution in [2.75, 3.05) is 53.0 Å². The monoisotopic (exact) mass is 377 g/mol. The van der Waals surface area contributed by atoms with Gasteiger partial charge in [0.05, 0.1) is 31.8 Å². The maximum absolute atomic E-state index is 5.39. The third-order valence-corrected chi connectivity index (χ3v) is 5.02. The Morgan fingerprint density at radius 1 is 1.41 bits per heavy atom. The molecule has 1 atom stereocenters. The van der Waals surface area contributed by atoms with E-state index in [1.165, 1.54) is 5.57 Å². The summed E-state index contributed by atoms with van der Waals surface area (Å²) in [6.45, 7) is 14.4. The fourth-order valence-corrected chi connectivity index (χ4v) is 3.19. The van der Waals surface area contributed by atoms with Gasteiger partial charge in [-0.1, -0.05) is 13.8 Å². The maximum atomic E-state index is 5.39. The van der Waals surface area contributed by atoms with E-state index in [0.29, 0.717) is 6.54 Å². The van der Waals surface area contributed by atoms with Gasteiger partial charge in [0.1, 0.15) is 0 Å². The van der Waals surface area contributed by atoms with Crippen molar-refractivity contribution in [3.63, 3.8) is 0 Å². The standard InChI is InChI=1S/C17H29N7O.C2H6/c1-14(12-22-18-3)17(2)13-21-16-15(20-5-7-24(16)17)19-4-6-23-8-10-25-11-9-23;1-2/h5,7,12,18,22H,4,6,8-11,13H2,1-3H3,(H,19,20);1-2H3/b14-12+;. The molecule has 0 spiro atoms. The molecular weight excluding hydrogens is 342 g/mol. The van der Waals surface area contributed by atoms with Crippen molar-refractivity contribution in [2.24, 2.45) is 9.98 Å². The van der Waals surface area contributed by atoms with Crippen LogP contribution in [0.15, 0.2) is 34.2 Å².